The zero-order valence-corrected chi connectivity index (χ0v) is 10.6. The lowest BCUT2D eigenvalue weighted by Gasteiger charge is -2.03. The van der Waals surface area contributed by atoms with Crippen molar-refractivity contribution in [3.8, 4) is 12.1 Å². The summed E-state index contributed by atoms with van der Waals surface area (Å²) in [6.07, 6.45) is 1.50. The van der Waals surface area contributed by atoms with Gasteiger partial charge in [0.05, 0.1) is 5.69 Å². The first-order chi connectivity index (χ1) is 7.08. The summed E-state index contributed by atoms with van der Waals surface area (Å²) in [6.45, 7) is 0. The van der Waals surface area contributed by atoms with Crippen molar-refractivity contribution in [2.24, 2.45) is 0 Å². The Morgan fingerprint density at radius 2 is 1.67 bits per heavy atom. The molecule has 3 nitrogen and oxygen atoms in total. The second-order valence-corrected chi connectivity index (χ2v) is 4.39. The van der Waals surface area contributed by atoms with Crippen LogP contribution in [0.1, 0.15) is 5.56 Å². The Morgan fingerprint density at radius 3 is 2.07 bits per heavy atom. The monoisotopic (exact) mass is 325 g/mol. The fourth-order valence-electron chi connectivity index (χ4n) is 0.943. The molecule has 0 saturated heterocycles. The Kier molecular flexibility index (Phi) is 3.90. The average Bonchev–Trinajstić information content (AvgIpc) is 2.22. The van der Waals surface area contributed by atoms with Crippen LogP contribution in [0.3, 0.4) is 0 Å². The van der Waals surface area contributed by atoms with E-state index in [1.54, 1.807) is 24.3 Å². The lowest BCUT2D eigenvalue weighted by molar-refractivity contribution is 1.47. The van der Waals surface area contributed by atoms with Crippen molar-refractivity contribution < 1.29 is 0 Å². The van der Waals surface area contributed by atoms with E-state index in [0.717, 1.165) is 14.5 Å². The third kappa shape index (κ3) is 2.82. The predicted octanol–water partition coefficient (Wildman–Crippen LogP) is 3.22. The van der Waals surface area contributed by atoms with Crippen LogP contribution >= 0.6 is 31.9 Å². The number of rotatable bonds is 1. The van der Waals surface area contributed by atoms with Crippen LogP contribution < -0.4 is 5.73 Å². The van der Waals surface area contributed by atoms with Crippen LogP contribution in [0, 0.1) is 22.7 Å². The molecule has 0 bridgehead atoms. The third-order valence-corrected chi connectivity index (χ3v) is 2.97. The Morgan fingerprint density at radius 1 is 1.20 bits per heavy atom. The van der Waals surface area contributed by atoms with Crippen molar-refractivity contribution in [1.82, 2.24) is 0 Å². The predicted molar refractivity (Wildman–Crippen MR) is 65.5 cm³/mol. The van der Waals surface area contributed by atoms with Gasteiger partial charge in [-0.25, -0.2) is 0 Å². The minimum atomic E-state index is 0.0542. The highest BCUT2D eigenvalue weighted by atomic mass is 79.9. The van der Waals surface area contributed by atoms with Crippen LogP contribution in [0.5, 0.6) is 0 Å². The van der Waals surface area contributed by atoms with Gasteiger partial charge in [0.15, 0.2) is 0 Å². The summed E-state index contributed by atoms with van der Waals surface area (Å²) >= 11 is 6.56. The van der Waals surface area contributed by atoms with Crippen LogP contribution in [-0.2, 0) is 0 Å². The molecule has 1 rings (SSSR count). The van der Waals surface area contributed by atoms with E-state index in [9.17, 15) is 0 Å². The number of hydrogen-bond acceptors (Lipinski definition) is 3. The molecule has 0 saturated carbocycles. The van der Waals surface area contributed by atoms with E-state index >= 15 is 0 Å². The molecule has 15 heavy (non-hydrogen) atoms. The Hall–Kier alpha value is -1.30. The van der Waals surface area contributed by atoms with E-state index in [4.69, 9.17) is 16.3 Å². The van der Waals surface area contributed by atoms with Crippen LogP contribution in [0.25, 0.3) is 6.08 Å². The highest BCUT2D eigenvalue weighted by Crippen LogP contribution is 2.30. The first kappa shape index (κ1) is 11.8. The van der Waals surface area contributed by atoms with Crippen LogP contribution in [0.15, 0.2) is 26.7 Å². The van der Waals surface area contributed by atoms with Crippen molar-refractivity contribution in [1.29, 1.82) is 10.5 Å². The summed E-state index contributed by atoms with van der Waals surface area (Å²) < 4.78 is 1.44. The molecule has 0 aromatic heterocycles. The number of hydrogen-bond donors (Lipinski definition) is 1. The molecule has 1 aromatic rings. The van der Waals surface area contributed by atoms with E-state index in [2.05, 4.69) is 31.9 Å². The number of benzene rings is 1. The van der Waals surface area contributed by atoms with Gasteiger partial charge in [-0.1, -0.05) is 0 Å². The van der Waals surface area contributed by atoms with Gasteiger partial charge < -0.3 is 5.73 Å². The molecular weight excluding hydrogens is 322 g/mol. The fourth-order valence-corrected chi connectivity index (χ4v) is 2.17. The van der Waals surface area contributed by atoms with Gasteiger partial charge >= 0.3 is 0 Å². The van der Waals surface area contributed by atoms with Crippen molar-refractivity contribution in [3.63, 3.8) is 0 Å². The Balaban J connectivity index is 3.26. The molecule has 0 unspecified atom stereocenters. The summed E-state index contributed by atoms with van der Waals surface area (Å²) in [5.74, 6) is 0. The van der Waals surface area contributed by atoms with Crippen molar-refractivity contribution in [3.05, 3.63) is 32.2 Å². The zero-order valence-electron chi connectivity index (χ0n) is 7.46. The fraction of sp³-hybridized carbons (Fsp3) is 0. The molecule has 2 N–H and O–H groups in total. The number of halogens is 2. The molecule has 0 radical (unpaired) electrons. The second kappa shape index (κ2) is 4.97. The van der Waals surface area contributed by atoms with Gasteiger partial charge in [-0.15, -0.1) is 0 Å². The van der Waals surface area contributed by atoms with Gasteiger partial charge in [0.25, 0.3) is 0 Å². The summed E-state index contributed by atoms with van der Waals surface area (Å²) in [7, 11) is 0. The minimum Gasteiger partial charge on any atom is -0.397 e. The first-order valence-electron chi connectivity index (χ1n) is 3.85. The van der Waals surface area contributed by atoms with Crippen LogP contribution in [0.2, 0.25) is 0 Å². The number of anilines is 1. The molecule has 0 heterocycles. The Labute approximate surface area is 104 Å². The maximum Gasteiger partial charge on any atom is 0.130 e. The minimum absolute atomic E-state index is 0.0542. The van der Waals surface area contributed by atoms with Crippen molar-refractivity contribution in [2.45, 2.75) is 0 Å². The van der Waals surface area contributed by atoms with Gasteiger partial charge in [-0.05, 0) is 55.6 Å². The molecule has 0 fully saturated rings. The lowest BCUT2D eigenvalue weighted by atomic mass is 10.1. The van der Waals surface area contributed by atoms with Crippen LogP contribution in [0.4, 0.5) is 5.69 Å². The van der Waals surface area contributed by atoms with E-state index in [-0.39, 0.29) is 5.57 Å². The third-order valence-electron chi connectivity index (χ3n) is 1.65. The van der Waals surface area contributed by atoms with E-state index in [0.29, 0.717) is 5.69 Å². The van der Waals surface area contributed by atoms with Gasteiger partial charge in [-0.3, -0.25) is 0 Å². The quantitative estimate of drug-likeness (QED) is 0.636. The smallest absolute Gasteiger partial charge is 0.130 e. The molecule has 5 heteroatoms. The number of nitriles is 2. The summed E-state index contributed by atoms with van der Waals surface area (Å²) in [6, 6.07) is 7.07. The maximum atomic E-state index is 8.59. The van der Waals surface area contributed by atoms with Crippen molar-refractivity contribution >= 4 is 43.6 Å². The lowest BCUT2D eigenvalue weighted by Crippen LogP contribution is -1.89. The molecule has 74 valence electrons. The maximum absolute atomic E-state index is 8.59. The molecular formula is C10H5Br2N3. The normalized spacial score (nSPS) is 8.80. The molecule has 0 atom stereocenters. The molecule has 1 aromatic carbocycles. The summed E-state index contributed by atoms with van der Waals surface area (Å²) in [4.78, 5) is 0. The standard InChI is InChI=1S/C10H5Br2N3/c11-8-2-6(1-7(4-13)5-14)3-9(12)10(8)15/h1-3H,15H2. The van der Waals surface area contributed by atoms with Gasteiger partial charge in [0.2, 0.25) is 0 Å². The van der Waals surface area contributed by atoms with Gasteiger partial charge in [0.1, 0.15) is 17.7 Å². The average molecular weight is 327 g/mol. The van der Waals surface area contributed by atoms with Gasteiger partial charge in [-0.2, -0.15) is 10.5 Å². The largest absolute Gasteiger partial charge is 0.397 e. The highest BCUT2D eigenvalue weighted by molar-refractivity contribution is 9.11. The molecule has 0 aliphatic rings. The molecule has 0 spiro atoms. The van der Waals surface area contributed by atoms with E-state index < -0.39 is 0 Å². The van der Waals surface area contributed by atoms with Gasteiger partial charge in [0, 0.05) is 8.95 Å². The van der Waals surface area contributed by atoms with E-state index in [1.807, 2.05) is 0 Å². The number of allylic oxidation sites excluding steroid dienone is 1. The molecule has 0 aliphatic heterocycles. The SMILES string of the molecule is N#CC(C#N)=Cc1cc(Br)c(N)c(Br)c1. The van der Waals surface area contributed by atoms with Crippen molar-refractivity contribution in [2.75, 3.05) is 5.73 Å². The van der Waals surface area contributed by atoms with Crippen LogP contribution in [-0.4, -0.2) is 0 Å². The molecule has 0 amide bonds. The number of nitrogens with two attached hydrogens (primary N) is 1. The zero-order chi connectivity index (χ0) is 11.4. The first-order valence-corrected chi connectivity index (χ1v) is 5.43. The highest BCUT2D eigenvalue weighted by Gasteiger charge is 2.03. The molecule has 0 aliphatic carbocycles. The summed E-state index contributed by atoms with van der Waals surface area (Å²) in [5.41, 5.74) is 7.08. The number of nitrogens with zero attached hydrogens (tertiary/aromatic N) is 2. The topological polar surface area (TPSA) is 73.6 Å². The Bertz CT molecular complexity index is 467. The van der Waals surface area contributed by atoms with E-state index in [1.165, 1.54) is 6.08 Å². The summed E-state index contributed by atoms with van der Waals surface area (Å²) in [5, 5.41) is 17.2. The number of nitrogen functional groups attached to an aromatic ring is 1. The second-order valence-electron chi connectivity index (χ2n) is 2.68.